The van der Waals surface area contributed by atoms with Gasteiger partial charge in [-0.05, 0) is 36.8 Å². The van der Waals surface area contributed by atoms with Gasteiger partial charge in [0.1, 0.15) is 12.1 Å². The summed E-state index contributed by atoms with van der Waals surface area (Å²) in [5, 5.41) is 0. The van der Waals surface area contributed by atoms with E-state index in [1.807, 2.05) is 24.4 Å². The first-order valence-corrected chi connectivity index (χ1v) is 8.05. The van der Waals surface area contributed by atoms with Crippen molar-refractivity contribution in [2.45, 2.75) is 12.8 Å². The van der Waals surface area contributed by atoms with Crippen LogP contribution in [-0.2, 0) is 12.8 Å². The normalized spacial score (nSPS) is 14.1. The van der Waals surface area contributed by atoms with Crippen LogP contribution in [0.1, 0.15) is 11.3 Å². The van der Waals surface area contributed by atoms with Crippen molar-refractivity contribution < 1.29 is 4.39 Å². The van der Waals surface area contributed by atoms with Crippen LogP contribution in [0.3, 0.4) is 0 Å². The molecule has 0 fully saturated rings. The molecule has 0 amide bonds. The molecule has 0 atom stereocenters. The standard InChI is InChI=1S/C19H17FN4/c20-15-4-1-5-16(11-15)24-9-6-17-18(7-10-24)22-13-23-19(17)14-3-2-8-21-12-14/h1-5,8,11-13H,6-7,9-10H2. The van der Waals surface area contributed by atoms with Crippen LogP contribution in [0, 0.1) is 5.82 Å². The van der Waals surface area contributed by atoms with Crippen molar-refractivity contribution in [3.63, 3.8) is 0 Å². The van der Waals surface area contributed by atoms with Gasteiger partial charge in [-0.2, -0.15) is 0 Å². The van der Waals surface area contributed by atoms with Crippen molar-refractivity contribution >= 4 is 5.69 Å². The zero-order valence-corrected chi connectivity index (χ0v) is 13.2. The van der Waals surface area contributed by atoms with Crippen molar-refractivity contribution in [1.82, 2.24) is 15.0 Å². The Bertz CT molecular complexity index is 851. The fourth-order valence-corrected chi connectivity index (χ4v) is 3.21. The third kappa shape index (κ3) is 2.85. The summed E-state index contributed by atoms with van der Waals surface area (Å²) in [6, 6.07) is 10.7. The number of halogens is 1. The van der Waals surface area contributed by atoms with Crippen molar-refractivity contribution in [1.29, 1.82) is 0 Å². The molecule has 0 unspecified atom stereocenters. The maximum absolute atomic E-state index is 13.5. The first kappa shape index (κ1) is 14.8. The van der Waals surface area contributed by atoms with Gasteiger partial charge in [-0.15, -0.1) is 0 Å². The predicted molar refractivity (Wildman–Crippen MR) is 91.3 cm³/mol. The van der Waals surface area contributed by atoms with Gasteiger partial charge in [0.2, 0.25) is 0 Å². The minimum absolute atomic E-state index is 0.204. The second-order valence-electron chi connectivity index (χ2n) is 5.86. The zero-order valence-electron chi connectivity index (χ0n) is 13.2. The van der Waals surface area contributed by atoms with Gasteiger partial charge in [0.15, 0.2) is 0 Å². The molecule has 2 aromatic heterocycles. The molecule has 3 aromatic rings. The molecule has 0 bridgehead atoms. The highest BCUT2D eigenvalue weighted by atomic mass is 19.1. The summed E-state index contributed by atoms with van der Waals surface area (Å²) >= 11 is 0. The van der Waals surface area contributed by atoms with E-state index in [0.717, 1.165) is 48.6 Å². The molecule has 120 valence electrons. The topological polar surface area (TPSA) is 41.9 Å². The lowest BCUT2D eigenvalue weighted by Crippen LogP contribution is -2.26. The van der Waals surface area contributed by atoms with Crippen LogP contribution in [0.4, 0.5) is 10.1 Å². The third-order valence-electron chi connectivity index (χ3n) is 4.39. The number of nitrogens with zero attached hydrogens (tertiary/aromatic N) is 4. The van der Waals surface area contributed by atoms with Crippen molar-refractivity contribution in [3.05, 3.63) is 72.2 Å². The monoisotopic (exact) mass is 320 g/mol. The van der Waals surface area contributed by atoms with E-state index >= 15 is 0 Å². The highest BCUT2D eigenvalue weighted by molar-refractivity contribution is 5.63. The molecule has 0 aliphatic carbocycles. The molecular formula is C19H17FN4. The molecule has 5 heteroatoms. The Morgan fingerprint density at radius 2 is 1.92 bits per heavy atom. The van der Waals surface area contributed by atoms with Gasteiger partial charge in [-0.1, -0.05) is 6.07 Å². The summed E-state index contributed by atoms with van der Waals surface area (Å²) < 4.78 is 13.5. The molecule has 4 nitrogen and oxygen atoms in total. The number of anilines is 1. The zero-order chi connectivity index (χ0) is 16.4. The largest absolute Gasteiger partial charge is 0.371 e. The minimum Gasteiger partial charge on any atom is -0.371 e. The number of pyridine rings is 1. The van der Waals surface area contributed by atoms with Crippen LogP contribution in [-0.4, -0.2) is 28.0 Å². The van der Waals surface area contributed by atoms with E-state index < -0.39 is 0 Å². The number of benzene rings is 1. The summed E-state index contributed by atoms with van der Waals surface area (Å²) in [6.07, 6.45) is 6.87. The quantitative estimate of drug-likeness (QED) is 0.727. The molecule has 1 aromatic carbocycles. The number of fused-ring (bicyclic) bond motifs is 1. The van der Waals surface area contributed by atoms with Gasteiger partial charge in [-0.3, -0.25) is 4.98 Å². The van der Waals surface area contributed by atoms with Gasteiger partial charge < -0.3 is 4.90 Å². The lowest BCUT2D eigenvalue weighted by atomic mass is 10.0. The Morgan fingerprint density at radius 3 is 2.75 bits per heavy atom. The van der Waals surface area contributed by atoms with Crippen LogP contribution < -0.4 is 4.90 Å². The van der Waals surface area contributed by atoms with E-state index in [9.17, 15) is 4.39 Å². The minimum atomic E-state index is -0.204. The number of hydrogen-bond donors (Lipinski definition) is 0. The summed E-state index contributed by atoms with van der Waals surface area (Å²) in [5.74, 6) is -0.204. The van der Waals surface area contributed by atoms with Crippen molar-refractivity contribution in [2.24, 2.45) is 0 Å². The van der Waals surface area contributed by atoms with Crippen LogP contribution >= 0.6 is 0 Å². The van der Waals surface area contributed by atoms with E-state index in [2.05, 4.69) is 19.9 Å². The maximum atomic E-state index is 13.5. The first-order valence-electron chi connectivity index (χ1n) is 8.05. The summed E-state index contributed by atoms with van der Waals surface area (Å²) in [6.45, 7) is 1.64. The second-order valence-corrected chi connectivity index (χ2v) is 5.86. The Kier molecular flexibility index (Phi) is 3.91. The smallest absolute Gasteiger partial charge is 0.125 e. The van der Waals surface area contributed by atoms with Crippen LogP contribution in [0.2, 0.25) is 0 Å². The van der Waals surface area contributed by atoms with Crippen LogP contribution in [0.5, 0.6) is 0 Å². The highest BCUT2D eigenvalue weighted by Crippen LogP contribution is 2.27. The summed E-state index contributed by atoms with van der Waals surface area (Å²) in [5.41, 5.74) is 5.12. The number of aromatic nitrogens is 3. The van der Waals surface area contributed by atoms with Gasteiger partial charge in [0.25, 0.3) is 0 Å². The fourth-order valence-electron chi connectivity index (χ4n) is 3.21. The summed E-state index contributed by atoms with van der Waals surface area (Å²) in [7, 11) is 0. The molecular weight excluding hydrogens is 303 g/mol. The van der Waals surface area contributed by atoms with E-state index in [0.29, 0.717) is 0 Å². The Balaban J connectivity index is 1.66. The van der Waals surface area contributed by atoms with E-state index in [-0.39, 0.29) is 5.82 Å². The Labute approximate surface area is 140 Å². The predicted octanol–water partition coefficient (Wildman–Crippen LogP) is 3.28. The molecule has 0 spiro atoms. The van der Waals surface area contributed by atoms with Gasteiger partial charge in [-0.25, -0.2) is 14.4 Å². The average molecular weight is 320 g/mol. The Morgan fingerprint density at radius 1 is 1.00 bits per heavy atom. The Hall–Kier alpha value is -2.82. The maximum Gasteiger partial charge on any atom is 0.125 e. The molecule has 3 heterocycles. The lowest BCUT2D eigenvalue weighted by molar-refractivity contribution is 0.626. The first-order chi connectivity index (χ1) is 11.8. The molecule has 4 rings (SSSR count). The van der Waals surface area contributed by atoms with Crippen LogP contribution in [0.15, 0.2) is 55.1 Å². The lowest BCUT2D eigenvalue weighted by Gasteiger charge is -2.22. The van der Waals surface area contributed by atoms with Gasteiger partial charge >= 0.3 is 0 Å². The highest BCUT2D eigenvalue weighted by Gasteiger charge is 2.19. The van der Waals surface area contributed by atoms with Gasteiger partial charge in [0.05, 0.1) is 5.69 Å². The molecule has 0 N–H and O–H groups in total. The average Bonchev–Trinajstić information content (AvgIpc) is 2.85. The molecule has 0 saturated carbocycles. The molecule has 24 heavy (non-hydrogen) atoms. The van der Waals surface area contributed by atoms with Crippen LogP contribution in [0.25, 0.3) is 11.3 Å². The molecule has 1 aliphatic rings. The van der Waals surface area contributed by atoms with Crippen molar-refractivity contribution in [3.8, 4) is 11.3 Å². The second kappa shape index (κ2) is 6.35. The SMILES string of the molecule is Fc1cccc(N2CCc3ncnc(-c4cccnc4)c3CC2)c1. The van der Waals surface area contributed by atoms with E-state index in [1.54, 1.807) is 24.7 Å². The molecule has 0 saturated heterocycles. The fraction of sp³-hybridized carbons (Fsp3) is 0.211. The summed E-state index contributed by atoms with van der Waals surface area (Å²) in [4.78, 5) is 15.4. The molecule has 0 radical (unpaired) electrons. The molecule has 1 aliphatic heterocycles. The number of hydrogen-bond acceptors (Lipinski definition) is 4. The van der Waals surface area contributed by atoms with E-state index in [4.69, 9.17) is 0 Å². The van der Waals surface area contributed by atoms with Crippen molar-refractivity contribution in [2.75, 3.05) is 18.0 Å². The third-order valence-corrected chi connectivity index (χ3v) is 4.39. The van der Waals surface area contributed by atoms with E-state index in [1.165, 1.54) is 11.6 Å². The number of rotatable bonds is 2. The van der Waals surface area contributed by atoms with Gasteiger partial charge in [0, 0.05) is 54.4 Å².